The Morgan fingerprint density at radius 1 is 0.400 bits per heavy atom. The van der Waals surface area contributed by atoms with Gasteiger partial charge in [0.1, 0.15) is 11.3 Å². The van der Waals surface area contributed by atoms with Crippen LogP contribution in [0.4, 0.5) is 42.9 Å². The third kappa shape index (κ3) is 8.27. The monoisotopic (exact) mass is 1100 g/mol. The van der Waals surface area contributed by atoms with E-state index < -0.39 is 5.82 Å². The van der Waals surface area contributed by atoms with Gasteiger partial charge < -0.3 is 18.6 Å². The van der Waals surface area contributed by atoms with Crippen LogP contribution in [0.3, 0.4) is 0 Å². The zero-order valence-corrected chi connectivity index (χ0v) is 46.8. The molecule has 404 valence electrons. The lowest BCUT2D eigenvalue weighted by Crippen LogP contribution is -2.14. The molecule has 0 saturated heterocycles. The molecule has 0 radical (unpaired) electrons. The van der Waals surface area contributed by atoms with Crippen molar-refractivity contribution < 1.29 is 17.6 Å². The van der Waals surface area contributed by atoms with E-state index in [1.54, 1.807) is 0 Å². The highest BCUT2D eigenvalue weighted by atomic mass is 19.1. The lowest BCUT2D eigenvalue weighted by atomic mass is 9.91. The number of terminal acetylenes is 1. The molecule has 0 spiro atoms. The first-order chi connectivity index (χ1) is 41.8. The van der Waals surface area contributed by atoms with Crippen molar-refractivity contribution in [1.82, 2.24) is 0 Å². The number of hydrogen-bond donors (Lipinski definition) is 0. The molecule has 4 nitrogen and oxygen atoms in total. The van der Waals surface area contributed by atoms with Crippen LogP contribution in [0.25, 0.3) is 115 Å². The first kappa shape index (κ1) is 50.9. The van der Waals surface area contributed by atoms with Gasteiger partial charge in [-0.05, 0) is 141 Å². The fourth-order valence-electron chi connectivity index (χ4n) is 12.7. The summed E-state index contributed by atoms with van der Waals surface area (Å²) in [5.41, 5.74) is 13.8. The Morgan fingerprint density at radius 3 is 1.29 bits per heavy atom. The van der Waals surface area contributed by atoms with Crippen LogP contribution in [0.1, 0.15) is 30.7 Å². The minimum Gasteiger partial charge on any atom is -0.454 e. The number of rotatable bonds is 11. The van der Waals surface area contributed by atoms with E-state index in [2.05, 4.69) is 91.7 Å². The van der Waals surface area contributed by atoms with Gasteiger partial charge >= 0.3 is 0 Å². The molecule has 13 aromatic carbocycles. The van der Waals surface area contributed by atoms with Crippen LogP contribution in [0, 0.1) is 30.9 Å². The van der Waals surface area contributed by atoms with E-state index in [0.717, 1.165) is 104 Å². The highest BCUT2D eigenvalue weighted by Crippen LogP contribution is 2.53. The van der Waals surface area contributed by atoms with Crippen molar-refractivity contribution in [1.29, 1.82) is 0 Å². The molecule has 0 aliphatic carbocycles. The maximum Gasteiger partial charge on any atom is 0.160 e. The van der Waals surface area contributed by atoms with Gasteiger partial charge in [0, 0.05) is 38.1 Å². The summed E-state index contributed by atoms with van der Waals surface area (Å²) in [6.07, 6.45) is 8.33. The quantitative estimate of drug-likeness (QED) is 0.0954. The summed E-state index contributed by atoms with van der Waals surface area (Å²) in [7, 11) is 0. The van der Waals surface area contributed by atoms with Crippen LogP contribution in [-0.4, -0.2) is 0 Å². The maximum atomic E-state index is 18.6. The lowest BCUT2D eigenvalue weighted by Gasteiger charge is -2.30. The molecular formula is C79H52F2N2O2. The van der Waals surface area contributed by atoms with Crippen molar-refractivity contribution >= 4 is 105 Å². The third-order valence-corrected chi connectivity index (χ3v) is 16.9. The minimum absolute atomic E-state index is 0.315. The van der Waals surface area contributed by atoms with Crippen molar-refractivity contribution in [2.24, 2.45) is 0 Å². The normalized spacial score (nSPS) is 11.9. The van der Waals surface area contributed by atoms with Crippen LogP contribution < -0.4 is 9.80 Å². The number of para-hydroxylation sites is 3. The molecule has 0 unspecified atom stereocenters. The van der Waals surface area contributed by atoms with Gasteiger partial charge in [0.25, 0.3) is 0 Å². The van der Waals surface area contributed by atoms with Crippen molar-refractivity contribution in [3.63, 3.8) is 0 Å². The molecule has 0 amide bonds. The van der Waals surface area contributed by atoms with Gasteiger partial charge in [0.15, 0.2) is 22.8 Å². The summed E-state index contributed by atoms with van der Waals surface area (Å²) in [6, 6.07) is 82.6. The number of aryl methyl sites for hydroxylation is 1. The molecule has 0 N–H and O–H groups in total. The molecule has 2 heterocycles. The molecule has 0 aliphatic heterocycles. The Bertz CT molecular complexity index is 5190. The highest BCUT2D eigenvalue weighted by Gasteiger charge is 2.31. The summed E-state index contributed by atoms with van der Waals surface area (Å²) in [5.74, 6) is 2.72. The van der Waals surface area contributed by atoms with Gasteiger partial charge in [-0.1, -0.05) is 206 Å². The lowest BCUT2D eigenvalue weighted by molar-refractivity contribution is 0.598. The first-order valence-electron chi connectivity index (χ1n) is 28.5. The molecule has 0 bridgehead atoms. The number of halogens is 2. The Kier molecular flexibility index (Phi) is 12.3. The predicted octanol–water partition coefficient (Wildman–Crippen LogP) is 22.8. The van der Waals surface area contributed by atoms with Gasteiger partial charge in [-0.2, -0.15) is 0 Å². The largest absolute Gasteiger partial charge is 0.454 e. The standard InChI is InChI=1S/C79H52F2N2O2/c1-5-48(3)76-58(6-2)59-32-20-34-68(78(59)84-76)82(70-46-56(50-23-11-7-12-24-50)44-64(74(70)80)52-27-15-9-16-28-52)66-42-38-54-37-41-63-67(43-39-55-36-40-62(66)72(54)73(55)63)83(69-35-21-33-61-60-31-19-22-49(4)77(60)85-79(61)69)71-47-57(51-25-13-8-14-26-51)45-65(75(71)81)53-29-17-10-18-30-53/h2,5,7-47H,1,3-4H3/b48-5-. The van der Waals surface area contributed by atoms with E-state index in [1.165, 1.54) is 0 Å². The number of hydrogen-bond acceptors (Lipinski definition) is 4. The maximum absolute atomic E-state index is 18.6. The van der Waals surface area contributed by atoms with Crippen molar-refractivity contribution in [3.8, 4) is 56.9 Å². The van der Waals surface area contributed by atoms with E-state index in [9.17, 15) is 0 Å². The van der Waals surface area contributed by atoms with E-state index in [-0.39, 0.29) is 5.82 Å². The number of fused-ring (bicyclic) bond motifs is 4. The van der Waals surface area contributed by atoms with Crippen LogP contribution in [0.15, 0.2) is 264 Å². The Morgan fingerprint density at radius 2 is 0.824 bits per heavy atom. The topological polar surface area (TPSA) is 32.8 Å². The number of furan rings is 2. The van der Waals surface area contributed by atoms with Gasteiger partial charge in [-0.25, -0.2) is 8.78 Å². The average Bonchev–Trinajstić information content (AvgIpc) is 1.48. The van der Waals surface area contributed by atoms with Gasteiger partial charge in [0.05, 0.1) is 39.7 Å². The molecule has 2 aromatic heterocycles. The number of anilines is 6. The second kappa shape index (κ2) is 20.5. The molecule has 15 aromatic rings. The molecule has 85 heavy (non-hydrogen) atoms. The second-order valence-corrected chi connectivity index (χ2v) is 21.7. The fourth-order valence-corrected chi connectivity index (χ4v) is 12.7. The Labute approximate surface area is 490 Å². The zero-order chi connectivity index (χ0) is 57.4. The van der Waals surface area contributed by atoms with Crippen molar-refractivity contribution in [3.05, 3.63) is 283 Å². The summed E-state index contributed by atoms with van der Waals surface area (Å²) in [6.45, 7) is 5.99. The summed E-state index contributed by atoms with van der Waals surface area (Å²) < 4.78 is 51.1. The Hall–Kier alpha value is -11.0. The number of allylic oxidation sites excluding steroid dienone is 2. The Balaban J connectivity index is 1.04. The molecule has 15 rings (SSSR count). The van der Waals surface area contributed by atoms with E-state index >= 15 is 8.78 Å². The molecule has 0 saturated carbocycles. The summed E-state index contributed by atoms with van der Waals surface area (Å²) in [4.78, 5) is 4.06. The smallest absolute Gasteiger partial charge is 0.160 e. The third-order valence-electron chi connectivity index (χ3n) is 16.9. The molecule has 6 heteroatoms. The van der Waals surface area contributed by atoms with E-state index in [1.807, 2.05) is 200 Å². The molecular weight excluding hydrogens is 1050 g/mol. The van der Waals surface area contributed by atoms with E-state index in [0.29, 0.717) is 62.1 Å². The van der Waals surface area contributed by atoms with Crippen LogP contribution in [0.5, 0.6) is 0 Å². The van der Waals surface area contributed by atoms with Crippen molar-refractivity contribution in [2.45, 2.75) is 20.8 Å². The molecule has 0 atom stereocenters. The van der Waals surface area contributed by atoms with Crippen LogP contribution >= 0.6 is 0 Å². The van der Waals surface area contributed by atoms with Gasteiger partial charge in [-0.15, -0.1) is 6.42 Å². The highest BCUT2D eigenvalue weighted by molar-refractivity contribution is 6.29. The van der Waals surface area contributed by atoms with Crippen LogP contribution in [0.2, 0.25) is 0 Å². The number of nitrogens with zero attached hydrogens (tertiary/aromatic N) is 2. The summed E-state index contributed by atoms with van der Waals surface area (Å²) >= 11 is 0. The number of benzene rings is 13. The van der Waals surface area contributed by atoms with Crippen molar-refractivity contribution in [2.75, 3.05) is 9.80 Å². The van der Waals surface area contributed by atoms with Crippen LogP contribution in [-0.2, 0) is 0 Å². The second-order valence-electron chi connectivity index (χ2n) is 21.7. The fraction of sp³-hybridized carbons (Fsp3) is 0.0380. The SMILES string of the molecule is C#Cc1c(/C(C)=C\C)oc2c(N(c3cc(-c4ccccc4)cc(-c4ccccc4)c3F)c3ccc4ccc5c(N(c6cc(-c7ccccc7)cc(-c7ccccc7)c6F)c6cccc7c6oc6c(C)cccc67)ccc6ccc3c4c65)cccc12. The first-order valence-corrected chi connectivity index (χ1v) is 28.5. The average molecular weight is 1100 g/mol. The van der Waals surface area contributed by atoms with Gasteiger partial charge in [-0.3, -0.25) is 0 Å². The molecule has 0 aliphatic rings. The predicted molar refractivity (Wildman–Crippen MR) is 350 cm³/mol. The van der Waals surface area contributed by atoms with Gasteiger partial charge in [0.2, 0.25) is 0 Å². The minimum atomic E-state index is -0.412. The molecule has 0 fully saturated rings. The zero-order valence-electron chi connectivity index (χ0n) is 46.8. The summed E-state index contributed by atoms with van der Waals surface area (Å²) in [5, 5.41) is 8.20. The van der Waals surface area contributed by atoms with E-state index in [4.69, 9.17) is 15.3 Å².